The Morgan fingerprint density at radius 3 is 2.32 bits per heavy atom. The standard InChI is InChI=1S/C22H30N2O6S/c1-6-11-23-31(26,27)18-8-10-19(15(2)12-18)30-14-22(25)24-16(3)17-7-9-20(28-4)21(13-17)29-5/h7-10,12-13,16,23H,6,11,14H2,1-5H3,(H,24,25)/t16-/m1/s1. The third-order valence-electron chi connectivity index (χ3n) is 4.64. The van der Waals surface area contributed by atoms with Crippen LogP contribution in [0.4, 0.5) is 0 Å². The Bertz CT molecular complexity index is 1010. The van der Waals surface area contributed by atoms with Gasteiger partial charge in [0.25, 0.3) is 5.91 Å². The average molecular weight is 451 g/mol. The molecule has 0 bridgehead atoms. The minimum atomic E-state index is -3.55. The first-order valence-electron chi connectivity index (χ1n) is 9.96. The van der Waals surface area contributed by atoms with Gasteiger partial charge in [-0.15, -0.1) is 0 Å². The van der Waals surface area contributed by atoms with Crippen molar-refractivity contribution in [3.05, 3.63) is 47.5 Å². The van der Waals surface area contributed by atoms with Gasteiger partial charge in [0.05, 0.1) is 25.2 Å². The predicted octanol–water partition coefficient (Wildman–Crippen LogP) is 2.96. The lowest BCUT2D eigenvalue weighted by atomic mass is 10.1. The molecular weight excluding hydrogens is 420 g/mol. The van der Waals surface area contributed by atoms with E-state index < -0.39 is 10.0 Å². The molecule has 170 valence electrons. The first kappa shape index (κ1) is 24.5. The summed E-state index contributed by atoms with van der Waals surface area (Å²) in [6.45, 7) is 5.66. The largest absolute Gasteiger partial charge is 0.493 e. The third kappa shape index (κ3) is 6.60. The molecule has 0 aliphatic carbocycles. The molecule has 2 aromatic rings. The summed E-state index contributed by atoms with van der Waals surface area (Å²) in [5.41, 5.74) is 1.48. The van der Waals surface area contributed by atoms with Crippen LogP contribution in [0.25, 0.3) is 0 Å². The fourth-order valence-electron chi connectivity index (χ4n) is 2.90. The molecule has 0 spiro atoms. The molecule has 2 rings (SSSR count). The number of sulfonamides is 1. The summed E-state index contributed by atoms with van der Waals surface area (Å²) < 4.78 is 43.1. The SMILES string of the molecule is CCCNS(=O)(=O)c1ccc(OCC(=O)N[C@H](C)c2ccc(OC)c(OC)c2)c(C)c1. The van der Waals surface area contributed by atoms with Crippen molar-refractivity contribution < 1.29 is 27.4 Å². The van der Waals surface area contributed by atoms with E-state index in [0.717, 1.165) is 5.56 Å². The number of hydrogen-bond donors (Lipinski definition) is 2. The highest BCUT2D eigenvalue weighted by Gasteiger charge is 2.16. The van der Waals surface area contributed by atoms with E-state index in [1.165, 1.54) is 12.1 Å². The van der Waals surface area contributed by atoms with Gasteiger partial charge in [-0.05, 0) is 61.7 Å². The Kier molecular flexibility index (Phi) is 8.70. The molecule has 0 aliphatic heterocycles. The lowest BCUT2D eigenvalue weighted by molar-refractivity contribution is -0.123. The zero-order valence-corrected chi connectivity index (χ0v) is 19.3. The zero-order valence-electron chi connectivity index (χ0n) is 18.5. The van der Waals surface area contributed by atoms with Crippen molar-refractivity contribution in [2.45, 2.75) is 38.1 Å². The predicted molar refractivity (Wildman–Crippen MR) is 118 cm³/mol. The molecular formula is C22H30N2O6S. The van der Waals surface area contributed by atoms with E-state index in [1.54, 1.807) is 39.3 Å². The highest BCUT2D eigenvalue weighted by Crippen LogP contribution is 2.30. The molecule has 0 saturated heterocycles. The molecule has 0 aromatic heterocycles. The summed E-state index contributed by atoms with van der Waals surface area (Å²) in [7, 11) is -0.440. The topological polar surface area (TPSA) is 103 Å². The zero-order chi connectivity index (χ0) is 23.0. The molecule has 0 saturated carbocycles. The first-order valence-corrected chi connectivity index (χ1v) is 11.4. The fourth-order valence-corrected chi connectivity index (χ4v) is 4.12. The smallest absolute Gasteiger partial charge is 0.258 e. The second-order valence-corrected chi connectivity index (χ2v) is 8.78. The van der Waals surface area contributed by atoms with Gasteiger partial charge < -0.3 is 19.5 Å². The maximum atomic E-state index is 12.3. The van der Waals surface area contributed by atoms with Crippen LogP contribution in [0.3, 0.4) is 0 Å². The number of aryl methyl sites for hydroxylation is 1. The number of nitrogens with one attached hydrogen (secondary N) is 2. The molecule has 0 radical (unpaired) electrons. The number of carbonyl (C=O) groups is 1. The van der Waals surface area contributed by atoms with Crippen LogP contribution < -0.4 is 24.2 Å². The van der Waals surface area contributed by atoms with Gasteiger partial charge in [0.15, 0.2) is 18.1 Å². The molecule has 2 aromatic carbocycles. The van der Waals surface area contributed by atoms with Gasteiger partial charge in [0, 0.05) is 6.54 Å². The molecule has 1 amide bonds. The Morgan fingerprint density at radius 1 is 1.03 bits per heavy atom. The van der Waals surface area contributed by atoms with E-state index >= 15 is 0 Å². The molecule has 2 N–H and O–H groups in total. The molecule has 0 fully saturated rings. The van der Waals surface area contributed by atoms with Crippen LogP contribution in [0.15, 0.2) is 41.3 Å². The minimum Gasteiger partial charge on any atom is -0.493 e. The number of amides is 1. The second kappa shape index (κ2) is 11.0. The Hall–Kier alpha value is -2.78. The molecule has 0 aliphatic rings. The number of methoxy groups -OCH3 is 2. The van der Waals surface area contributed by atoms with E-state index in [1.807, 2.05) is 19.9 Å². The average Bonchev–Trinajstić information content (AvgIpc) is 2.76. The van der Waals surface area contributed by atoms with E-state index in [-0.39, 0.29) is 23.5 Å². The van der Waals surface area contributed by atoms with Gasteiger partial charge in [-0.1, -0.05) is 13.0 Å². The number of carbonyl (C=O) groups excluding carboxylic acids is 1. The van der Waals surface area contributed by atoms with Gasteiger partial charge in [-0.2, -0.15) is 0 Å². The van der Waals surface area contributed by atoms with Gasteiger partial charge >= 0.3 is 0 Å². The van der Waals surface area contributed by atoms with Crippen molar-refractivity contribution in [3.8, 4) is 17.2 Å². The van der Waals surface area contributed by atoms with Crippen molar-refractivity contribution in [2.75, 3.05) is 27.4 Å². The summed E-state index contributed by atoms with van der Waals surface area (Å²) in [6, 6.07) is 9.71. The summed E-state index contributed by atoms with van der Waals surface area (Å²) in [6.07, 6.45) is 0.705. The second-order valence-electron chi connectivity index (χ2n) is 7.02. The number of rotatable bonds is 11. The van der Waals surface area contributed by atoms with Crippen molar-refractivity contribution in [3.63, 3.8) is 0 Å². The third-order valence-corrected chi connectivity index (χ3v) is 6.10. The van der Waals surface area contributed by atoms with Crippen molar-refractivity contribution in [1.82, 2.24) is 10.0 Å². The Balaban J connectivity index is 1.98. The molecule has 1 atom stereocenters. The van der Waals surface area contributed by atoms with Gasteiger partial charge in [0.1, 0.15) is 5.75 Å². The van der Waals surface area contributed by atoms with Crippen molar-refractivity contribution >= 4 is 15.9 Å². The van der Waals surface area contributed by atoms with Crippen LogP contribution in [-0.4, -0.2) is 41.7 Å². The quantitative estimate of drug-likeness (QED) is 0.546. The highest BCUT2D eigenvalue weighted by molar-refractivity contribution is 7.89. The molecule has 8 nitrogen and oxygen atoms in total. The first-order chi connectivity index (χ1) is 14.7. The lowest BCUT2D eigenvalue weighted by Crippen LogP contribution is -2.31. The normalized spacial score (nSPS) is 12.2. The van der Waals surface area contributed by atoms with E-state index in [9.17, 15) is 13.2 Å². The molecule has 9 heteroatoms. The number of benzene rings is 2. The van der Waals surface area contributed by atoms with Crippen LogP contribution in [0, 0.1) is 6.92 Å². The lowest BCUT2D eigenvalue weighted by Gasteiger charge is -2.17. The maximum absolute atomic E-state index is 12.3. The molecule has 31 heavy (non-hydrogen) atoms. The van der Waals surface area contributed by atoms with Crippen LogP contribution in [0.2, 0.25) is 0 Å². The van der Waals surface area contributed by atoms with Crippen LogP contribution in [0.5, 0.6) is 17.2 Å². The van der Waals surface area contributed by atoms with E-state index in [4.69, 9.17) is 14.2 Å². The summed E-state index contributed by atoms with van der Waals surface area (Å²) in [5, 5.41) is 2.87. The summed E-state index contributed by atoms with van der Waals surface area (Å²) in [5.74, 6) is 1.33. The number of hydrogen-bond acceptors (Lipinski definition) is 6. The van der Waals surface area contributed by atoms with Crippen LogP contribution in [-0.2, 0) is 14.8 Å². The number of ether oxygens (including phenoxy) is 3. The summed E-state index contributed by atoms with van der Waals surface area (Å²) >= 11 is 0. The fraction of sp³-hybridized carbons (Fsp3) is 0.409. The monoisotopic (exact) mass is 450 g/mol. The maximum Gasteiger partial charge on any atom is 0.258 e. The minimum absolute atomic E-state index is 0.164. The Morgan fingerprint density at radius 2 is 1.71 bits per heavy atom. The van der Waals surface area contributed by atoms with Crippen molar-refractivity contribution in [2.24, 2.45) is 0 Å². The van der Waals surface area contributed by atoms with Gasteiger partial charge in [0.2, 0.25) is 10.0 Å². The van der Waals surface area contributed by atoms with Crippen molar-refractivity contribution in [1.29, 1.82) is 0 Å². The Labute approximate surface area is 184 Å². The van der Waals surface area contributed by atoms with E-state index in [2.05, 4.69) is 10.0 Å². The summed E-state index contributed by atoms with van der Waals surface area (Å²) in [4.78, 5) is 12.5. The highest BCUT2D eigenvalue weighted by atomic mass is 32.2. The van der Waals surface area contributed by atoms with Gasteiger partial charge in [-0.3, -0.25) is 4.79 Å². The van der Waals surface area contributed by atoms with E-state index in [0.29, 0.717) is 35.8 Å². The van der Waals surface area contributed by atoms with Crippen LogP contribution >= 0.6 is 0 Å². The molecule has 0 unspecified atom stereocenters. The van der Waals surface area contributed by atoms with Gasteiger partial charge in [-0.25, -0.2) is 13.1 Å². The molecule has 0 heterocycles. The van der Waals surface area contributed by atoms with Crippen LogP contribution in [0.1, 0.15) is 37.4 Å².